The summed E-state index contributed by atoms with van der Waals surface area (Å²) in [5, 5.41) is 4.07. The minimum absolute atomic E-state index is 0.278. The average molecular weight is 462 g/mol. The Morgan fingerprint density at radius 2 is 1.72 bits per heavy atom. The number of benzene rings is 1. The van der Waals surface area contributed by atoms with Gasteiger partial charge in [-0.15, -0.1) is 0 Å². The highest BCUT2D eigenvalue weighted by Gasteiger charge is 2.27. The number of nitrogens with zero attached hydrogens (tertiary/aromatic N) is 3. The highest BCUT2D eigenvalue weighted by atomic mass is 32.2. The van der Waals surface area contributed by atoms with Crippen LogP contribution in [-0.4, -0.2) is 50.6 Å². The normalized spacial score (nSPS) is 23.1. The number of anilines is 1. The second-order valence-corrected chi connectivity index (χ2v) is 11.7. The van der Waals surface area contributed by atoms with E-state index in [4.69, 9.17) is 9.26 Å². The first-order valence-corrected chi connectivity index (χ1v) is 13.7. The molecule has 0 amide bonds. The molecule has 2 aliphatic rings. The molecule has 0 atom stereocenters. The number of rotatable bonds is 7. The van der Waals surface area contributed by atoms with E-state index in [9.17, 15) is 8.42 Å². The molecule has 0 N–H and O–H groups in total. The zero-order chi connectivity index (χ0) is 22.7. The smallest absolute Gasteiger partial charge is 0.324 e. The molecule has 8 heteroatoms. The maximum absolute atomic E-state index is 11.7. The van der Waals surface area contributed by atoms with Crippen molar-refractivity contribution in [2.75, 3.05) is 30.9 Å². The monoisotopic (exact) mass is 461 g/mol. The van der Waals surface area contributed by atoms with Crippen LogP contribution in [0.3, 0.4) is 0 Å². The van der Waals surface area contributed by atoms with Gasteiger partial charge in [-0.05, 0) is 68.1 Å². The van der Waals surface area contributed by atoms with Gasteiger partial charge in [0.15, 0.2) is 15.7 Å². The second-order valence-electron chi connectivity index (χ2n) is 9.67. The molecule has 0 unspecified atom stereocenters. The molecule has 0 bridgehead atoms. The minimum atomic E-state index is -3.13. The third-order valence-electron chi connectivity index (χ3n) is 6.85. The summed E-state index contributed by atoms with van der Waals surface area (Å²) in [5.74, 6) is 2.13. The van der Waals surface area contributed by atoms with Crippen molar-refractivity contribution in [2.45, 2.75) is 75.2 Å². The lowest BCUT2D eigenvalue weighted by Gasteiger charge is -2.33. The van der Waals surface area contributed by atoms with Crippen molar-refractivity contribution >= 4 is 15.9 Å². The SMILES string of the molecule is CC(C)c1noc(N2CCC(COC3CCC(c4ccc(S(C)(=O)=O)cc4)CC3)CC2)n1. The lowest BCUT2D eigenvalue weighted by molar-refractivity contribution is 0.000442. The van der Waals surface area contributed by atoms with Gasteiger partial charge in [0.1, 0.15) is 0 Å². The summed E-state index contributed by atoms with van der Waals surface area (Å²) in [4.78, 5) is 7.10. The van der Waals surface area contributed by atoms with Crippen LogP contribution < -0.4 is 4.90 Å². The molecule has 1 aliphatic carbocycles. The molecule has 0 radical (unpaired) electrons. The molecular formula is C24H35N3O4S. The minimum Gasteiger partial charge on any atom is -0.378 e. The van der Waals surface area contributed by atoms with Crippen LogP contribution >= 0.6 is 0 Å². The fourth-order valence-corrected chi connectivity index (χ4v) is 5.33. The van der Waals surface area contributed by atoms with Crippen LogP contribution in [0.2, 0.25) is 0 Å². The van der Waals surface area contributed by atoms with Crippen molar-refractivity contribution in [1.82, 2.24) is 10.1 Å². The van der Waals surface area contributed by atoms with Crippen LogP contribution in [0, 0.1) is 5.92 Å². The molecule has 7 nitrogen and oxygen atoms in total. The van der Waals surface area contributed by atoms with Gasteiger partial charge in [0.25, 0.3) is 0 Å². The van der Waals surface area contributed by atoms with Crippen LogP contribution in [0.25, 0.3) is 0 Å². The van der Waals surface area contributed by atoms with Crippen LogP contribution in [0.1, 0.15) is 75.6 Å². The molecule has 1 aromatic carbocycles. The number of hydrogen-bond donors (Lipinski definition) is 0. The molecule has 2 heterocycles. The van der Waals surface area contributed by atoms with Gasteiger partial charge >= 0.3 is 6.01 Å². The van der Waals surface area contributed by atoms with Crippen molar-refractivity contribution < 1.29 is 17.7 Å². The summed E-state index contributed by atoms with van der Waals surface area (Å²) < 4.78 is 35.0. The summed E-state index contributed by atoms with van der Waals surface area (Å²) in [6.45, 7) is 6.84. The number of aromatic nitrogens is 2. The Bertz CT molecular complexity index is 971. The van der Waals surface area contributed by atoms with Crippen molar-refractivity contribution in [3.63, 3.8) is 0 Å². The van der Waals surface area contributed by atoms with Crippen molar-refractivity contribution in [1.29, 1.82) is 0 Å². The number of hydrogen-bond acceptors (Lipinski definition) is 7. The lowest BCUT2D eigenvalue weighted by atomic mass is 9.82. The second kappa shape index (κ2) is 9.91. The largest absolute Gasteiger partial charge is 0.378 e. The fraction of sp³-hybridized carbons (Fsp3) is 0.667. The molecule has 2 fully saturated rings. The van der Waals surface area contributed by atoms with Gasteiger partial charge < -0.3 is 14.2 Å². The third-order valence-corrected chi connectivity index (χ3v) is 7.98. The highest BCUT2D eigenvalue weighted by Crippen LogP contribution is 2.35. The molecule has 32 heavy (non-hydrogen) atoms. The first-order chi connectivity index (χ1) is 15.3. The average Bonchev–Trinajstić information content (AvgIpc) is 3.29. The summed E-state index contributed by atoms with van der Waals surface area (Å²) in [5.41, 5.74) is 1.24. The Labute approximate surface area is 191 Å². The van der Waals surface area contributed by atoms with E-state index in [0.717, 1.165) is 64.0 Å². The van der Waals surface area contributed by atoms with Crippen LogP contribution in [0.5, 0.6) is 0 Å². The summed E-state index contributed by atoms with van der Waals surface area (Å²) in [7, 11) is -3.13. The highest BCUT2D eigenvalue weighted by molar-refractivity contribution is 7.90. The zero-order valence-corrected chi connectivity index (χ0v) is 20.2. The van der Waals surface area contributed by atoms with Crippen LogP contribution in [0.4, 0.5) is 6.01 Å². The van der Waals surface area contributed by atoms with E-state index in [1.165, 1.54) is 11.8 Å². The molecule has 4 rings (SSSR count). The first kappa shape index (κ1) is 23.2. The third kappa shape index (κ3) is 5.70. The molecule has 0 spiro atoms. The lowest BCUT2D eigenvalue weighted by Crippen LogP contribution is -2.36. The topological polar surface area (TPSA) is 85.5 Å². The van der Waals surface area contributed by atoms with E-state index in [0.29, 0.717) is 28.8 Å². The van der Waals surface area contributed by atoms with Crippen molar-refractivity contribution in [3.8, 4) is 0 Å². The zero-order valence-electron chi connectivity index (χ0n) is 19.4. The number of piperidine rings is 1. The molecule has 1 saturated heterocycles. The quantitative estimate of drug-likeness (QED) is 0.598. The molecule has 2 aromatic rings. The van der Waals surface area contributed by atoms with Gasteiger partial charge in [0, 0.05) is 31.9 Å². The predicted octanol–water partition coefficient (Wildman–Crippen LogP) is 4.56. The first-order valence-electron chi connectivity index (χ1n) is 11.8. The van der Waals surface area contributed by atoms with Crippen LogP contribution in [0.15, 0.2) is 33.7 Å². The van der Waals surface area contributed by atoms with Gasteiger partial charge in [-0.2, -0.15) is 4.98 Å². The van der Waals surface area contributed by atoms with Gasteiger partial charge in [0.2, 0.25) is 0 Å². The summed E-state index contributed by atoms with van der Waals surface area (Å²) in [6.07, 6.45) is 8.08. The Hall–Kier alpha value is -1.93. The van der Waals surface area contributed by atoms with Gasteiger partial charge in [0.05, 0.1) is 11.0 Å². The molecule has 1 saturated carbocycles. The number of ether oxygens (including phenoxy) is 1. The van der Waals surface area contributed by atoms with E-state index >= 15 is 0 Å². The Morgan fingerprint density at radius 3 is 2.28 bits per heavy atom. The van der Waals surface area contributed by atoms with E-state index < -0.39 is 9.84 Å². The Balaban J connectivity index is 1.18. The number of sulfone groups is 1. The van der Waals surface area contributed by atoms with Gasteiger partial charge in [-0.3, -0.25) is 0 Å². The van der Waals surface area contributed by atoms with E-state index in [1.54, 1.807) is 12.1 Å². The van der Waals surface area contributed by atoms with E-state index in [-0.39, 0.29) is 5.92 Å². The summed E-state index contributed by atoms with van der Waals surface area (Å²) >= 11 is 0. The van der Waals surface area contributed by atoms with E-state index in [2.05, 4.69) is 28.9 Å². The van der Waals surface area contributed by atoms with Crippen LogP contribution in [-0.2, 0) is 14.6 Å². The van der Waals surface area contributed by atoms with E-state index in [1.807, 2.05) is 12.1 Å². The molecule has 1 aliphatic heterocycles. The maximum atomic E-state index is 11.7. The predicted molar refractivity (Wildman–Crippen MR) is 124 cm³/mol. The molecule has 1 aromatic heterocycles. The fourth-order valence-electron chi connectivity index (χ4n) is 4.70. The van der Waals surface area contributed by atoms with Crippen molar-refractivity contribution in [3.05, 3.63) is 35.7 Å². The maximum Gasteiger partial charge on any atom is 0.324 e. The van der Waals surface area contributed by atoms with Crippen molar-refractivity contribution in [2.24, 2.45) is 5.92 Å². The standard InChI is InChI=1S/C24H35N3O4S/c1-17(2)23-25-24(31-26-23)27-14-12-18(13-15-27)16-30-21-8-4-19(5-9-21)20-6-10-22(11-7-20)32(3,28)29/h6-7,10-11,17-19,21H,4-5,8-9,12-16H2,1-3H3. The van der Waals surface area contributed by atoms with Gasteiger partial charge in [-0.1, -0.05) is 31.1 Å². The molecule has 176 valence electrons. The summed E-state index contributed by atoms with van der Waals surface area (Å²) in [6, 6.07) is 8.07. The Kier molecular flexibility index (Phi) is 7.20. The Morgan fingerprint density at radius 1 is 1.06 bits per heavy atom. The van der Waals surface area contributed by atoms with Gasteiger partial charge in [-0.25, -0.2) is 8.42 Å². The molecular weight excluding hydrogens is 426 g/mol.